The average Bonchev–Trinajstić information content (AvgIpc) is 3.15. The highest BCUT2D eigenvalue weighted by Crippen LogP contribution is 2.19. The third kappa shape index (κ3) is 5.05. The van der Waals surface area contributed by atoms with E-state index in [-0.39, 0.29) is 12.0 Å². The third-order valence-electron chi connectivity index (χ3n) is 4.22. The van der Waals surface area contributed by atoms with Crippen LogP contribution in [0.3, 0.4) is 0 Å². The molecule has 0 bridgehead atoms. The Morgan fingerprint density at radius 2 is 1.92 bits per heavy atom. The zero-order chi connectivity index (χ0) is 17.5. The summed E-state index contributed by atoms with van der Waals surface area (Å²) in [7, 11) is 0. The molecule has 0 radical (unpaired) electrons. The molecule has 1 aliphatic heterocycles. The lowest BCUT2D eigenvalue weighted by Gasteiger charge is -2.12. The number of nitrogens with one attached hydrogen (secondary N) is 1. The molecule has 1 atom stereocenters. The maximum Gasteiger partial charge on any atom is 0.255 e. The van der Waals surface area contributed by atoms with Crippen LogP contribution in [0, 0.1) is 0 Å². The highest BCUT2D eigenvalue weighted by molar-refractivity contribution is 6.04. The summed E-state index contributed by atoms with van der Waals surface area (Å²) >= 11 is 0. The highest BCUT2D eigenvalue weighted by atomic mass is 16.5. The van der Waals surface area contributed by atoms with Crippen LogP contribution < -0.4 is 15.8 Å². The second-order valence-corrected chi connectivity index (χ2v) is 6.16. The lowest BCUT2D eigenvalue weighted by atomic mass is 10.1. The first-order chi connectivity index (χ1) is 12.2. The Bertz CT molecular complexity index is 677. The van der Waals surface area contributed by atoms with Gasteiger partial charge in [0.15, 0.2) is 0 Å². The predicted molar refractivity (Wildman–Crippen MR) is 98.1 cm³/mol. The van der Waals surface area contributed by atoms with Crippen molar-refractivity contribution >= 4 is 11.6 Å². The lowest BCUT2D eigenvalue weighted by Crippen LogP contribution is -2.16. The van der Waals surface area contributed by atoms with Crippen LogP contribution in [0.15, 0.2) is 48.5 Å². The first-order valence-corrected chi connectivity index (χ1v) is 8.69. The van der Waals surface area contributed by atoms with Gasteiger partial charge in [0.05, 0.1) is 6.10 Å². The monoisotopic (exact) mass is 340 g/mol. The van der Waals surface area contributed by atoms with Crippen molar-refractivity contribution in [1.82, 2.24) is 0 Å². The molecule has 1 aliphatic rings. The van der Waals surface area contributed by atoms with Crippen molar-refractivity contribution in [2.24, 2.45) is 5.73 Å². The van der Waals surface area contributed by atoms with E-state index in [2.05, 4.69) is 5.32 Å². The number of benzene rings is 2. The number of hydrogen-bond donors (Lipinski definition) is 2. The van der Waals surface area contributed by atoms with Crippen LogP contribution in [0.2, 0.25) is 0 Å². The van der Waals surface area contributed by atoms with E-state index in [1.165, 1.54) is 0 Å². The van der Waals surface area contributed by atoms with E-state index in [4.69, 9.17) is 15.2 Å². The minimum Gasteiger partial charge on any atom is -0.491 e. The molecule has 1 amide bonds. The molecule has 5 heteroatoms. The highest BCUT2D eigenvalue weighted by Gasteiger charge is 2.15. The van der Waals surface area contributed by atoms with E-state index in [0.29, 0.717) is 18.7 Å². The summed E-state index contributed by atoms with van der Waals surface area (Å²) in [6.45, 7) is 2.00. The summed E-state index contributed by atoms with van der Waals surface area (Å²) in [6, 6.07) is 14.9. The quantitative estimate of drug-likeness (QED) is 0.813. The van der Waals surface area contributed by atoms with Gasteiger partial charge in [0.1, 0.15) is 12.4 Å². The Kier molecular flexibility index (Phi) is 6.04. The molecule has 1 unspecified atom stereocenters. The summed E-state index contributed by atoms with van der Waals surface area (Å²) in [5.74, 6) is 0.645. The third-order valence-corrected chi connectivity index (χ3v) is 4.22. The molecular formula is C20H24N2O3. The van der Waals surface area contributed by atoms with Crippen LogP contribution in [-0.2, 0) is 11.2 Å². The predicted octanol–water partition coefficient (Wildman–Crippen LogP) is 3.00. The van der Waals surface area contributed by atoms with Gasteiger partial charge in [-0.1, -0.05) is 12.1 Å². The summed E-state index contributed by atoms with van der Waals surface area (Å²) in [5, 5.41) is 2.89. The number of anilines is 1. The number of rotatable bonds is 7. The standard InChI is InChI=1S/C20H24N2O3/c21-12-11-15-3-5-16(6-4-15)20(23)22-17-7-9-18(10-8-17)25-14-19-2-1-13-24-19/h3-10,19H,1-2,11-14,21H2,(H,22,23). The molecular weight excluding hydrogens is 316 g/mol. The number of nitrogens with two attached hydrogens (primary N) is 1. The number of carbonyl (C=O) groups excluding carboxylic acids is 1. The molecule has 1 heterocycles. The normalized spacial score (nSPS) is 16.6. The molecule has 1 fully saturated rings. The Hall–Kier alpha value is -2.37. The number of hydrogen-bond acceptors (Lipinski definition) is 4. The second-order valence-electron chi connectivity index (χ2n) is 6.16. The van der Waals surface area contributed by atoms with Crippen LogP contribution in [0.1, 0.15) is 28.8 Å². The van der Waals surface area contributed by atoms with Crippen molar-refractivity contribution in [3.05, 3.63) is 59.7 Å². The first-order valence-electron chi connectivity index (χ1n) is 8.69. The Balaban J connectivity index is 1.52. The molecule has 0 spiro atoms. The van der Waals surface area contributed by atoms with Crippen LogP contribution in [0.25, 0.3) is 0 Å². The molecule has 25 heavy (non-hydrogen) atoms. The average molecular weight is 340 g/mol. The lowest BCUT2D eigenvalue weighted by molar-refractivity contribution is 0.0679. The van der Waals surface area contributed by atoms with E-state index >= 15 is 0 Å². The van der Waals surface area contributed by atoms with Gasteiger partial charge in [-0.15, -0.1) is 0 Å². The maximum atomic E-state index is 12.3. The summed E-state index contributed by atoms with van der Waals surface area (Å²) in [6.07, 6.45) is 3.17. The largest absolute Gasteiger partial charge is 0.491 e. The van der Waals surface area contributed by atoms with Gasteiger partial charge >= 0.3 is 0 Å². The van der Waals surface area contributed by atoms with Gasteiger partial charge in [-0.25, -0.2) is 0 Å². The van der Waals surface area contributed by atoms with Crippen LogP contribution in [0.5, 0.6) is 5.75 Å². The summed E-state index contributed by atoms with van der Waals surface area (Å²) < 4.78 is 11.3. The van der Waals surface area contributed by atoms with Gasteiger partial charge in [-0.3, -0.25) is 4.79 Å². The molecule has 2 aromatic rings. The molecule has 132 valence electrons. The van der Waals surface area contributed by atoms with E-state index in [9.17, 15) is 4.79 Å². The maximum absolute atomic E-state index is 12.3. The molecule has 0 saturated carbocycles. The number of ether oxygens (including phenoxy) is 2. The fraction of sp³-hybridized carbons (Fsp3) is 0.350. The second kappa shape index (κ2) is 8.65. The fourth-order valence-corrected chi connectivity index (χ4v) is 2.79. The van der Waals surface area contributed by atoms with Gasteiger partial charge in [-0.05, 0) is 67.8 Å². The van der Waals surface area contributed by atoms with Crippen molar-refractivity contribution in [2.75, 3.05) is 25.1 Å². The topological polar surface area (TPSA) is 73.6 Å². The molecule has 2 aromatic carbocycles. The minimum absolute atomic E-state index is 0.132. The molecule has 1 saturated heterocycles. The SMILES string of the molecule is NCCc1ccc(C(=O)Nc2ccc(OCC3CCCO3)cc2)cc1. The molecule has 5 nitrogen and oxygen atoms in total. The smallest absolute Gasteiger partial charge is 0.255 e. The van der Waals surface area contributed by atoms with Crippen LogP contribution >= 0.6 is 0 Å². The van der Waals surface area contributed by atoms with Gasteiger partial charge in [-0.2, -0.15) is 0 Å². The number of carbonyl (C=O) groups is 1. The van der Waals surface area contributed by atoms with E-state index in [0.717, 1.165) is 42.9 Å². The van der Waals surface area contributed by atoms with E-state index < -0.39 is 0 Å². The summed E-state index contributed by atoms with van der Waals surface area (Å²) in [4.78, 5) is 12.3. The van der Waals surface area contributed by atoms with E-state index in [1.54, 1.807) is 0 Å². The minimum atomic E-state index is -0.132. The van der Waals surface area contributed by atoms with Gasteiger partial charge in [0, 0.05) is 17.9 Å². The van der Waals surface area contributed by atoms with E-state index in [1.807, 2.05) is 48.5 Å². The first kappa shape index (κ1) is 17.5. The Labute approximate surface area is 148 Å². The van der Waals surface area contributed by atoms with Crippen LogP contribution in [-0.4, -0.2) is 31.8 Å². The van der Waals surface area contributed by atoms with Crippen molar-refractivity contribution in [2.45, 2.75) is 25.4 Å². The van der Waals surface area contributed by atoms with Crippen molar-refractivity contribution < 1.29 is 14.3 Å². The molecule has 0 aromatic heterocycles. The van der Waals surface area contributed by atoms with Crippen molar-refractivity contribution in [3.63, 3.8) is 0 Å². The summed E-state index contributed by atoms with van der Waals surface area (Å²) in [5.41, 5.74) is 8.03. The zero-order valence-electron chi connectivity index (χ0n) is 14.2. The number of amides is 1. The van der Waals surface area contributed by atoms with Crippen LogP contribution in [0.4, 0.5) is 5.69 Å². The molecule has 3 N–H and O–H groups in total. The molecule has 3 rings (SSSR count). The van der Waals surface area contributed by atoms with Crippen molar-refractivity contribution in [3.8, 4) is 5.75 Å². The Morgan fingerprint density at radius 3 is 2.56 bits per heavy atom. The van der Waals surface area contributed by atoms with Gasteiger partial charge in [0.2, 0.25) is 0 Å². The van der Waals surface area contributed by atoms with Crippen molar-refractivity contribution in [1.29, 1.82) is 0 Å². The zero-order valence-corrected chi connectivity index (χ0v) is 14.2. The van der Waals surface area contributed by atoms with Gasteiger partial charge in [0.25, 0.3) is 5.91 Å². The fourth-order valence-electron chi connectivity index (χ4n) is 2.79. The molecule has 0 aliphatic carbocycles. The van der Waals surface area contributed by atoms with Gasteiger partial charge < -0.3 is 20.5 Å². The Morgan fingerprint density at radius 1 is 1.16 bits per heavy atom.